The van der Waals surface area contributed by atoms with Crippen LogP contribution in [-0.2, 0) is 0 Å². The van der Waals surface area contributed by atoms with Crippen LogP contribution in [0.3, 0.4) is 0 Å². The average Bonchev–Trinajstić information content (AvgIpc) is 2.27. The summed E-state index contributed by atoms with van der Waals surface area (Å²) in [4.78, 5) is 12.2. The molecule has 0 aliphatic carbocycles. The van der Waals surface area contributed by atoms with Crippen molar-refractivity contribution in [2.45, 2.75) is 0 Å². The van der Waals surface area contributed by atoms with Crippen molar-refractivity contribution >= 4 is 11.0 Å². The maximum atomic E-state index is 5.10. The standard InChI is InChI=1S/C9H9N3O2/c1-13-8-6-4-3-5-10-7(6)11-9(12-8)14-2/h3-5H,1-2H3. The zero-order valence-corrected chi connectivity index (χ0v) is 7.89. The normalized spacial score (nSPS) is 10.1. The summed E-state index contributed by atoms with van der Waals surface area (Å²) in [5, 5.41) is 0.774. The largest absolute Gasteiger partial charge is 0.480 e. The molecule has 2 heterocycles. The van der Waals surface area contributed by atoms with E-state index in [-0.39, 0.29) is 6.01 Å². The fraction of sp³-hybridized carbons (Fsp3) is 0.222. The van der Waals surface area contributed by atoms with E-state index >= 15 is 0 Å². The van der Waals surface area contributed by atoms with E-state index in [1.807, 2.05) is 6.07 Å². The minimum absolute atomic E-state index is 0.257. The summed E-state index contributed by atoms with van der Waals surface area (Å²) in [5.41, 5.74) is 0.566. The van der Waals surface area contributed by atoms with Crippen molar-refractivity contribution in [3.63, 3.8) is 0 Å². The highest BCUT2D eigenvalue weighted by molar-refractivity contribution is 5.80. The molecule has 0 N–H and O–H groups in total. The number of methoxy groups -OCH3 is 2. The third-order valence-corrected chi connectivity index (χ3v) is 1.79. The molecule has 0 aliphatic heterocycles. The van der Waals surface area contributed by atoms with Gasteiger partial charge in [-0.1, -0.05) is 0 Å². The first-order chi connectivity index (χ1) is 6.85. The Morgan fingerprint density at radius 1 is 1.14 bits per heavy atom. The molecule has 2 aromatic heterocycles. The van der Waals surface area contributed by atoms with Gasteiger partial charge in [-0.15, -0.1) is 0 Å². The average molecular weight is 191 g/mol. The van der Waals surface area contributed by atoms with E-state index < -0.39 is 0 Å². The molecule has 0 spiro atoms. The second kappa shape index (κ2) is 3.45. The smallest absolute Gasteiger partial charge is 0.321 e. The number of pyridine rings is 1. The summed E-state index contributed by atoms with van der Waals surface area (Å²) in [5.74, 6) is 0.472. The van der Waals surface area contributed by atoms with Crippen LogP contribution in [0.5, 0.6) is 11.9 Å². The second-order valence-corrected chi connectivity index (χ2v) is 2.59. The van der Waals surface area contributed by atoms with Crippen LogP contribution < -0.4 is 9.47 Å². The van der Waals surface area contributed by atoms with Crippen molar-refractivity contribution in [2.75, 3.05) is 14.2 Å². The predicted octanol–water partition coefficient (Wildman–Crippen LogP) is 1.04. The molecule has 0 radical (unpaired) electrons. The summed E-state index contributed by atoms with van der Waals surface area (Å²) < 4.78 is 10.0. The third-order valence-electron chi connectivity index (χ3n) is 1.79. The number of hydrogen-bond acceptors (Lipinski definition) is 5. The van der Waals surface area contributed by atoms with E-state index in [0.717, 1.165) is 5.39 Å². The highest BCUT2D eigenvalue weighted by atomic mass is 16.5. The second-order valence-electron chi connectivity index (χ2n) is 2.59. The van der Waals surface area contributed by atoms with E-state index in [0.29, 0.717) is 11.5 Å². The number of fused-ring (bicyclic) bond motifs is 1. The monoisotopic (exact) mass is 191 g/mol. The van der Waals surface area contributed by atoms with Gasteiger partial charge in [0.2, 0.25) is 5.88 Å². The van der Waals surface area contributed by atoms with Crippen molar-refractivity contribution in [2.24, 2.45) is 0 Å². The van der Waals surface area contributed by atoms with Gasteiger partial charge in [-0.2, -0.15) is 9.97 Å². The topological polar surface area (TPSA) is 57.1 Å². The SMILES string of the molecule is COc1nc(OC)c2cccnc2n1. The molecular weight excluding hydrogens is 182 g/mol. The zero-order chi connectivity index (χ0) is 9.97. The Bertz CT molecular complexity index is 459. The summed E-state index contributed by atoms with van der Waals surface area (Å²) in [6.45, 7) is 0. The zero-order valence-electron chi connectivity index (χ0n) is 7.89. The van der Waals surface area contributed by atoms with E-state index in [1.165, 1.54) is 7.11 Å². The molecule has 2 aromatic rings. The van der Waals surface area contributed by atoms with Gasteiger partial charge >= 0.3 is 6.01 Å². The fourth-order valence-corrected chi connectivity index (χ4v) is 1.16. The minimum Gasteiger partial charge on any atom is -0.480 e. The number of nitrogens with zero attached hydrogens (tertiary/aromatic N) is 3. The summed E-state index contributed by atoms with van der Waals surface area (Å²) in [6, 6.07) is 3.91. The lowest BCUT2D eigenvalue weighted by Crippen LogP contribution is -1.97. The van der Waals surface area contributed by atoms with Gasteiger partial charge < -0.3 is 9.47 Å². The van der Waals surface area contributed by atoms with Crippen LogP contribution in [-0.4, -0.2) is 29.2 Å². The van der Waals surface area contributed by atoms with E-state index in [9.17, 15) is 0 Å². The summed E-state index contributed by atoms with van der Waals surface area (Å²) in [6.07, 6.45) is 1.66. The van der Waals surface area contributed by atoms with Crippen LogP contribution in [0.2, 0.25) is 0 Å². The lowest BCUT2D eigenvalue weighted by atomic mass is 10.3. The van der Waals surface area contributed by atoms with Gasteiger partial charge in [-0.05, 0) is 12.1 Å². The van der Waals surface area contributed by atoms with Crippen LogP contribution in [0, 0.1) is 0 Å². The van der Waals surface area contributed by atoms with E-state index in [2.05, 4.69) is 15.0 Å². The van der Waals surface area contributed by atoms with Gasteiger partial charge in [0.05, 0.1) is 19.6 Å². The maximum absolute atomic E-state index is 5.10. The lowest BCUT2D eigenvalue weighted by Gasteiger charge is -2.04. The van der Waals surface area contributed by atoms with Gasteiger partial charge in [0.25, 0.3) is 0 Å². The molecule has 0 bridgehead atoms. The predicted molar refractivity (Wildman–Crippen MR) is 50.4 cm³/mol. The molecule has 0 saturated heterocycles. The van der Waals surface area contributed by atoms with Crippen LogP contribution >= 0.6 is 0 Å². The molecule has 0 amide bonds. The first-order valence-electron chi connectivity index (χ1n) is 4.06. The van der Waals surface area contributed by atoms with E-state index in [4.69, 9.17) is 9.47 Å². The van der Waals surface area contributed by atoms with Crippen molar-refractivity contribution in [3.8, 4) is 11.9 Å². The van der Waals surface area contributed by atoms with Gasteiger partial charge in [0.1, 0.15) is 0 Å². The molecule has 0 saturated carbocycles. The van der Waals surface area contributed by atoms with Crippen LogP contribution in [0.1, 0.15) is 0 Å². The van der Waals surface area contributed by atoms with Gasteiger partial charge in [-0.3, -0.25) is 0 Å². The molecule has 72 valence electrons. The van der Waals surface area contributed by atoms with Gasteiger partial charge in [-0.25, -0.2) is 4.98 Å². The fourth-order valence-electron chi connectivity index (χ4n) is 1.16. The number of hydrogen-bond donors (Lipinski definition) is 0. The minimum atomic E-state index is 0.257. The molecule has 2 rings (SSSR count). The molecule has 14 heavy (non-hydrogen) atoms. The molecule has 0 fully saturated rings. The Labute approximate surface area is 80.7 Å². The van der Waals surface area contributed by atoms with Gasteiger partial charge in [0.15, 0.2) is 5.65 Å². The Morgan fingerprint density at radius 2 is 2.00 bits per heavy atom. The highest BCUT2D eigenvalue weighted by Crippen LogP contribution is 2.22. The Hall–Kier alpha value is -1.91. The Balaban J connectivity index is 2.73. The van der Waals surface area contributed by atoms with Crippen LogP contribution in [0.25, 0.3) is 11.0 Å². The molecule has 0 atom stereocenters. The third kappa shape index (κ3) is 1.32. The molecule has 0 aromatic carbocycles. The highest BCUT2D eigenvalue weighted by Gasteiger charge is 2.07. The summed E-state index contributed by atoms with van der Waals surface area (Å²) >= 11 is 0. The van der Waals surface area contributed by atoms with Crippen molar-refractivity contribution in [3.05, 3.63) is 18.3 Å². The van der Waals surface area contributed by atoms with Crippen LogP contribution in [0.4, 0.5) is 0 Å². The van der Waals surface area contributed by atoms with Gasteiger partial charge in [0, 0.05) is 6.20 Å². The Morgan fingerprint density at radius 3 is 2.71 bits per heavy atom. The number of ether oxygens (including phenoxy) is 2. The molecule has 5 heteroatoms. The van der Waals surface area contributed by atoms with E-state index in [1.54, 1.807) is 19.4 Å². The van der Waals surface area contributed by atoms with Crippen LogP contribution in [0.15, 0.2) is 18.3 Å². The Kier molecular flexibility index (Phi) is 2.14. The molecule has 0 unspecified atom stereocenters. The van der Waals surface area contributed by atoms with Crippen molar-refractivity contribution in [1.29, 1.82) is 0 Å². The van der Waals surface area contributed by atoms with Crippen molar-refractivity contribution in [1.82, 2.24) is 15.0 Å². The number of rotatable bonds is 2. The molecule has 0 aliphatic rings. The molecular formula is C9H9N3O2. The lowest BCUT2D eigenvalue weighted by molar-refractivity contribution is 0.356. The first-order valence-corrected chi connectivity index (χ1v) is 4.06. The quantitative estimate of drug-likeness (QED) is 0.709. The summed E-state index contributed by atoms with van der Waals surface area (Å²) in [7, 11) is 3.05. The first kappa shape index (κ1) is 8.68. The molecule has 5 nitrogen and oxygen atoms in total. The number of aromatic nitrogens is 3. The van der Waals surface area contributed by atoms with Crippen molar-refractivity contribution < 1.29 is 9.47 Å². The maximum Gasteiger partial charge on any atom is 0.321 e.